The van der Waals surface area contributed by atoms with E-state index in [1.165, 1.54) is 0 Å². The fourth-order valence-corrected chi connectivity index (χ4v) is 2.82. The van der Waals surface area contributed by atoms with Crippen molar-refractivity contribution < 1.29 is 4.79 Å². The van der Waals surface area contributed by atoms with Crippen molar-refractivity contribution in [1.82, 2.24) is 4.90 Å². The van der Waals surface area contributed by atoms with Crippen LogP contribution in [0.25, 0.3) is 0 Å². The van der Waals surface area contributed by atoms with Crippen molar-refractivity contribution in [3.63, 3.8) is 0 Å². The minimum Gasteiger partial charge on any atom is -0.330 e. The molecule has 1 aromatic rings. The molecule has 0 aliphatic heterocycles. The highest BCUT2D eigenvalue weighted by atomic mass is 35.5. The topological polar surface area (TPSA) is 58.4 Å². The van der Waals surface area contributed by atoms with Gasteiger partial charge in [0.15, 0.2) is 0 Å². The van der Waals surface area contributed by atoms with Crippen LogP contribution in [0.4, 0.5) is 10.5 Å². The van der Waals surface area contributed by atoms with Crippen LogP contribution in [0.3, 0.4) is 0 Å². The Balaban J connectivity index is 1.97. The summed E-state index contributed by atoms with van der Waals surface area (Å²) < 4.78 is 0. The number of nitrogens with two attached hydrogens (primary N) is 1. The lowest BCUT2D eigenvalue weighted by molar-refractivity contribution is 0.190. The van der Waals surface area contributed by atoms with Gasteiger partial charge < -0.3 is 16.0 Å². The molecule has 1 aromatic carbocycles. The highest BCUT2D eigenvalue weighted by molar-refractivity contribution is 6.30. The SMILES string of the molecule is CN(C(=O)Nc1ccc(Cl)cc1)C1CCCC1CN. The minimum atomic E-state index is -0.0901. The number of benzene rings is 1. The van der Waals surface area contributed by atoms with Crippen molar-refractivity contribution >= 4 is 23.3 Å². The number of hydrogen-bond donors (Lipinski definition) is 2. The second kappa shape index (κ2) is 6.26. The van der Waals surface area contributed by atoms with Crippen LogP contribution in [0.1, 0.15) is 19.3 Å². The molecular formula is C14H20ClN3O. The molecule has 0 heterocycles. The molecule has 2 unspecified atom stereocenters. The fraction of sp³-hybridized carbons (Fsp3) is 0.500. The van der Waals surface area contributed by atoms with Gasteiger partial charge in [0.05, 0.1) is 0 Å². The van der Waals surface area contributed by atoms with E-state index in [-0.39, 0.29) is 12.1 Å². The Bertz CT molecular complexity index is 435. The molecule has 104 valence electrons. The summed E-state index contributed by atoms with van der Waals surface area (Å²) in [6.45, 7) is 0.642. The third-order valence-corrected chi connectivity index (χ3v) is 4.09. The first kappa shape index (κ1) is 14.2. The van der Waals surface area contributed by atoms with E-state index in [4.69, 9.17) is 17.3 Å². The van der Waals surface area contributed by atoms with Crippen LogP contribution in [0.2, 0.25) is 5.02 Å². The van der Waals surface area contributed by atoms with Gasteiger partial charge in [0.1, 0.15) is 0 Å². The number of urea groups is 1. The first-order valence-corrected chi connectivity index (χ1v) is 6.99. The van der Waals surface area contributed by atoms with E-state index in [1.54, 1.807) is 29.2 Å². The molecule has 1 saturated carbocycles. The fourth-order valence-electron chi connectivity index (χ4n) is 2.70. The minimum absolute atomic E-state index is 0.0901. The molecule has 1 aliphatic carbocycles. The standard InChI is InChI=1S/C14H20ClN3O/c1-18(13-4-2-3-10(13)9-16)14(19)17-12-7-5-11(15)6-8-12/h5-8,10,13H,2-4,9,16H2,1H3,(H,17,19). The average molecular weight is 282 g/mol. The van der Waals surface area contributed by atoms with Crippen molar-refractivity contribution in [2.45, 2.75) is 25.3 Å². The van der Waals surface area contributed by atoms with Gasteiger partial charge >= 0.3 is 6.03 Å². The summed E-state index contributed by atoms with van der Waals surface area (Å²) in [4.78, 5) is 14.0. The van der Waals surface area contributed by atoms with E-state index < -0.39 is 0 Å². The normalized spacial score (nSPS) is 22.3. The van der Waals surface area contributed by atoms with Gasteiger partial charge in [0.2, 0.25) is 0 Å². The summed E-state index contributed by atoms with van der Waals surface area (Å²) in [7, 11) is 1.84. The van der Waals surface area contributed by atoms with Crippen molar-refractivity contribution in [3.05, 3.63) is 29.3 Å². The third kappa shape index (κ3) is 3.39. The average Bonchev–Trinajstić information content (AvgIpc) is 2.88. The van der Waals surface area contributed by atoms with Crippen LogP contribution in [0.15, 0.2) is 24.3 Å². The van der Waals surface area contributed by atoms with Gasteiger partial charge in [-0.2, -0.15) is 0 Å². The predicted molar refractivity (Wildman–Crippen MR) is 78.4 cm³/mol. The highest BCUT2D eigenvalue weighted by Gasteiger charge is 2.31. The van der Waals surface area contributed by atoms with E-state index in [1.807, 2.05) is 7.05 Å². The Kier molecular flexibility index (Phi) is 4.66. The second-order valence-corrected chi connectivity index (χ2v) is 5.48. The maximum atomic E-state index is 12.2. The molecular weight excluding hydrogens is 262 g/mol. The van der Waals surface area contributed by atoms with Crippen molar-refractivity contribution in [1.29, 1.82) is 0 Å². The van der Waals surface area contributed by atoms with Crippen LogP contribution < -0.4 is 11.1 Å². The van der Waals surface area contributed by atoms with Crippen molar-refractivity contribution in [3.8, 4) is 0 Å². The summed E-state index contributed by atoms with van der Waals surface area (Å²) in [5, 5.41) is 3.54. The smallest absolute Gasteiger partial charge is 0.321 e. The van der Waals surface area contributed by atoms with Crippen molar-refractivity contribution in [2.24, 2.45) is 11.7 Å². The number of nitrogens with zero attached hydrogens (tertiary/aromatic N) is 1. The summed E-state index contributed by atoms with van der Waals surface area (Å²) >= 11 is 5.82. The molecule has 1 aliphatic rings. The summed E-state index contributed by atoms with van der Waals surface area (Å²) in [6.07, 6.45) is 3.29. The molecule has 5 heteroatoms. The van der Waals surface area contributed by atoms with Crippen LogP contribution in [-0.2, 0) is 0 Å². The molecule has 0 spiro atoms. The van der Waals surface area contributed by atoms with Gasteiger partial charge in [-0.05, 0) is 49.6 Å². The quantitative estimate of drug-likeness (QED) is 0.895. The number of amides is 2. The number of carbonyl (C=O) groups excluding carboxylic acids is 1. The van der Waals surface area contributed by atoms with Crippen LogP contribution in [-0.4, -0.2) is 30.6 Å². The number of hydrogen-bond acceptors (Lipinski definition) is 2. The van der Waals surface area contributed by atoms with Gasteiger partial charge in [0, 0.05) is 23.8 Å². The zero-order chi connectivity index (χ0) is 13.8. The second-order valence-electron chi connectivity index (χ2n) is 5.04. The van der Waals surface area contributed by atoms with E-state index >= 15 is 0 Å². The summed E-state index contributed by atoms with van der Waals surface area (Å²) in [5.41, 5.74) is 6.51. The largest absolute Gasteiger partial charge is 0.330 e. The lowest BCUT2D eigenvalue weighted by Crippen LogP contribution is -2.43. The summed E-state index contributed by atoms with van der Waals surface area (Å²) in [5.74, 6) is 0.418. The number of nitrogens with one attached hydrogen (secondary N) is 1. The Morgan fingerprint density at radius 1 is 1.42 bits per heavy atom. The molecule has 2 amide bonds. The highest BCUT2D eigenvalue weighted by Crippen LogP contribution is 2.28. The predicted octanol–water partition coefficient (Wildman–Crippen LogP) is 2.93. The maximum absolute atomic E-state index is 12.2. The molecule has 3 N–H and O–H groups in total. The van der Waals surface area contributed by atoms with Gasteiger partial charge in [-0.25, -0.2) is 4.79 Å². The summed E-state index contributed by atoms with van der Waals surface area (Å²) in [6, 6.07) is 7.27. The van der Waals surface area contributed by atoms with Crippen LogP contribution in [0.5, 0.6) is 0 Å². The molecule has 0 saturated heterocycles. The van der Waals surface area contributed by atoms with E-state index in [0.29, 0.717) is 17.5 Å². The Labute approximate surface area is 118 Å². The number of carbonyl (C=O) groups is 1. The molecule has 0 aromatic heterocycles. The van der Waals surface area contributed by atoms with E-state index in [2.05, 4.69) is 5.32 Å². The van der Waals surface area contributed by atoms with Crippen molar-refractivity contribution in [2.75, 3.05) is 18.9 Å². The first-order valence-electron chi connectivity index (χ1n) is 6.61. The van der Waals surface area contributed by atoms with Gasteiger partial charge in [0.25, 0.3) is 0 Å². The lowest BCUT2D eigenvalue weighted by Gasteiger charge is -2.29. The Morgan fingerprint density at radius 3 is 2.74 bits per heavy atom. The van der Waals surface area contributed by atoms with Crippen LogP contribution >= 0.6 is 11.6 Å². The number of anilines is 1. The lowest BCUT2D eigenvalue weighted by atomic mass is 10.0. The number of halogens is 1. The van der Waals surface area contributed by atoms with Gasteiger partial charge in [-0.15, -0.1) is 0 Å². The molecule has 19 heavy (non-hydrogen) atoms. The zero-order valence-corrected chi connectivity index (χ0v) is 11.9. The molecule has 4 nitrogen and oxygen atoms in total. The Hall–Kier alpha value is -1.26. The monoisotopic (exact) mass is 281 g/mol. The first-order chi connectivity index (χ1) is 9.11. The third-order valence-electron chi connectivity index (χ3n) is 3.84. The van der Waals surface area contributed by atoms with E-state index in [0.717, 1.165) is 24.9 Å². The number of rotatable bonds is 3. The molecule has 2 rings (SSSR count). The molecule has 0 bridgehead atoms. The molecule has 1 fully saturated rings. The molecule has 2 atom stereocenters. The zero-order valence-electron chi connectivity index (χ0n) is 11.1. The van der Waals surface area contributed by atoms with Gasteiger partial charge in [-0.3, -0.25) is 0 Å². The maximum Gasteiger partial charge on any atom is 0.321 e. The van der Waals surface area contributed by atoms with Crippen LogP contribution in [0, 0.1) is 5.92 Å². The van der Waals surface area contributed by atoms with E-state index in [9.17, 15) is 4.79 Å². The Morgan fingerprint density at radius 2 is 2.11 bits per heavy atom. The van der Waals surface area contributed by atoms with Gasteiger partial charge in [-0.1, -0.05) is 18.0 Å². The molecule has 0 radical (unpaired) electrons.